The highest BCUT2D eigenvalue weighted by atomic mass is 35.5. The van der Waals surface area contributed by atoms with Crippen LogP contribution in [0, 0.1) is 6.92 Å². The molecule has 0 fully saturated rings. The van der Waals surface area contributed by atoms with E-state index in [0.717, 1.165) is 11.1 Å². The summed E-state index contributed by atoms with van der Waals surface area (Å²) >= 11 is 6.14. The minimum absolute atomic E-state index is 0.188. The van der Waals surface area contributed by atoms with Crippen LogP contribution in [0.5, 0.6) is 5.75 Å². The highest BCUT2D eigenvalue weighted by Crippen LogP contribution is 2.26. The fourth-order valence-corrected chi connectivity index (χ4v) is 2.43. The van der Waals surface area contributed by atoms with Crippen molar-refractivity contribution in [1.82, 2.24) is 5.32 Å². The van der Waals surface area contributed by atoms with Crippen molar-refractivity contribution in [3.63, 3.8) is 0 Å². The van der Waals surface area contributed by atoms with E-state index < -0.39 is 0 Å². The summed E-state index contributed by atoms with van der Waals surface area (Å²) in [6.45, 7) is 3.59. The standard InChI is InChI=1S/C18H19ClN2O3/c1-11-7-17(24-3)14(9-16(11)19)10-20-18(23)13-5-4-6-15(8-13)21-12(2)22/h4-9H,10H2,1-3H3,(H,20,23)(H,21,22). The molecule has 2 N–H and O–H groups in total. The number of rotatable bonds is 5. The maximum Gasteiger partial charge on any atom is 0.251 e. The molecule has 2 rings (SSSR count). The largest absolute Gasteiger partial charge is 0.496 e. The van der Waals surface area contributed by atoms with Gasteiger partial charge in [0.05, 0.1) is 7.11 Å². The van der Waals surface area contributed by atoms with Crippen molar-refractivity contribution in [2.24, 2.45) is 0 Å². The lowest BCUT2D eigenvalue weighted by Gasteiger charge is -2.12. The normalized spacial score (nSPS) is 10.2. The molecule has 6 heteroatoms. The quantitative estimate of drug-likeness (QED) is 0.870. The van der Waals surface area contributed by atoms with Crippen LogP contribution in [-0.2, 0) is 11.3 Å². The SMILES string of the molecule is COc1cc(C)c(Cl)cc1CNC(=O)c1cccc(NC(C)=O)c1. The smallest absolute Gasteiger partial charge is 0.251 e. The number of amides is 2. The lowest BCUT2D eigenvalue weighted by atomic mass is 10.1. The predicted octanol–water partition coefficient (Wildman–Crippen LogP) is 3.55. The lowest BCUT2D eigenvalue weighted by molar-refractivity contribution is -0.114. The Hall–Kier alpha value is -2.53. The van der Waals surface area contributed by atoms with Crippen molar-refractivity contribution in [3.05, 3.63) is 58.1 Å². The molecule has 2 aromatic carbocycles. The van der Waals surface area contributed by atoms with Gasteiger partial charge in [0, 0.05) is 35.3 Å². The molecule has 0 unspecified atom stereocenters. The van der Waals surface area contributed by atoms with Gasteiger partial charge in [0.2, 0.25) is 5.91 Å². The van der Waals surface area contributed by atoms with Crippen molar-refractivity contribution >= 4 is 29.1 Å². The van der Waals surface area contributed by atoms with Gasteiger partial charge in [0.1, 0.15) is 5.75 Å². The van der Waals surface area contributed by atoms with Gasteiger partial charge in [-0.2, -0.15) is 0 Å². The van der Waals surface area contributed by atoms with Gasteiger partial charge in [-0.25, -0.2) is 0 Å². The summed E-state index contributed by atoms with van der Waals surface area (Å²) in [6, 6.07) is 10.4. The minimum atomic E-state index is -0.249. The number of nitrogens with one attached hydrogen (secondary N) is 2. The van der Waals surface area contributed by atoms with Crippen LogP contribution >= 0.6 is 11.6 Å². The zero-order chi connectivity index (χ0) is 17.7. The Morgan fingerprint density at radius 3 is 2.62 bits per heavy atom. The number of aryl methyl sites for hydroxylation is 1. The number of halogens is 1. The first kappa shape index (κ1) is 17.8. The fraction of sp³-hybridized carbons (Fsp3) is 0.222. The van der Waals surface area contributed by atoms with Gasteiger partial charge in [-0.3, -0.25) is 9.59 Å². The third kappa shape index (κ3) is 4.49. The van der Waals surface area contributed by atoms with E-state index in [1.54, 1.807) is 37.4 Å². The molecule has 0 spiro atoms. The first-order valence-corrected chi connectivity index (χ1v) is 7.77. The molecule has 0 bridgehead atoms. The molecule has 24 heavy (non-hydrogen) atoms. The molecule has 0 aliphatic rings. The van der Waals surface area contributed by atoms with Crippen LogP contribution in [0.2, 0.25) is 5.02 Å². The molecule has 0 atom stereocenters. The second-order valence-corrected chi connectivity index (χ2v) is 5.77. The van der Waals surface area contributed by atoms with Crippen LogP contribution in [0.25, 0.3) is 0 Å². The zero-order valence-corrected chi connectivity index (χ0v) is 14.5. The Balaban J connectivity index is 2.11. The van der Waals surface area contributed by atoms with Gasteiger partial charge >= 0.3 is 0 Å². The number of ether oxygens (including phenoxy) is 1. The summed E-state index contributed by atoms with van der Waals surface area (Å²) in [5.74, 6) is 0.233. The molecule has 0 heterocycles. The molecule has 0 radical (unpaired) electrons. The second-order valence-electron chi connectivity index (χ2n) is 5.36. The molecular weight excluding hydrogens is 328 g/mol. The van der Waals surface area contributed by atoms with E-state index in [9.17, 15) is 9.59 Å². The third-order valence-corrected chi connectivity index (χ3v) is 3.85. The highest BCUT2D eigenvalue weighted by molar-refractivity contribution is 6.31. The Bertz CT molecular complexity index is 775. The van der Waals surface area contributed by atoms with Crippen molar-refractivity contribution < 1.29 is 14.3 Å². The first-order chi connectivity index (χ1) is 11.4. The topological polar surface area (TPSA) is 67.4 Å². The number of hydrogen-bond acceptors (Lipinski definition) is 3. The van der Waals surface area contributed by atoms with Gasteiger partial charge in [0.25, 0.3) is 5.91 Å². The first-order valence-electron chi connectivity index (χ1n) is 7.39. The minimum Gasteiger partial charge on any atom is -0.496 e. The van der Waals surface area contributed by atoms with E-state index in [0.29, 0.717) is 22.0 Å². The van der Waals surface area contributed by atoms with Gasteiger partial charge < -0.3 is 15.4 Å². The van der Waals surface area contributed by atoms with Crippen LogP contribution in [0.15, 0.2) is 36.4 Å². The average Bonchev–Trinajstić information content (AvgIpc) is 2.54. The molecule has 0 aliphatic heterocycles. The summed E-state index contributed by atoms with van der Waals surface area (Å²) in [6.07, 6.45) is 0. The summed E-state index contributed by atoms with van der Waals surface area (Å²) in [4.78, 5) is 23.4. The molecule has 2 amide bonds. The molecular formula is C18H19ClN2O3. The maximum absolute atomic E-state index is 12.3. The van der Waals surface area contributed by atoms with Crippen molar-refractivity contribution in [1.29, 1.82) is 0 Å². The summed E-state index contributed by atoms with van der Waals surface area (Å²) in [7, 11) is 1.57. The molecule has 126 valence electrons. The van der Waals surface area contributed by atoms with Crippen LogP contribution in [0.4, 0.5) is 5.69 Å². The molecule has 0 aliphatic carbocycles. The van der Waals surface area contributed by atoms with Gasteiger partial charge in [-0.15, -0.1) is 0 Å². The Labute approximate surface area is 146 Å². The average molecular weight is 347 g/mol. The number of anilines is 1. The molecule has 0 aromatic heterocycles. The van der Waals surface area contributed by atoms with E-state index in [4.69, 9.17) is 16.3 Å². The maximum atomic E-state index is 12.3. The summed E-state index contributed by atoms with van der Waals surface area (Å²) < 4.78 is 5.32. The zero-order valence-electron chi connectivity index (χ0n) is 13.8. The van der Waals surface area contributed by atoms with E-state index >= 15 is 0 Å². The number of carbonyl (C=O) groups is 2. The summed E-state index contributed by atoms with van der Waals surface area (Å²) in [5.41, 5.74) is 2.73. The number of benzene rings is 2. The Morgan fingerprint density at radius 1 is 1.21 bits per heavy atom. The summed E-state index contributed by atoms with van der Waals surface area (Å²) in [5, 5.41) is 6.09. The number of methoxy groups -OCH3 is 1. The molecule has 5 nitrogen and oxygen atoms in total. The van der Waals surface area contributed by atoms with Crippen LogP contribution < -0.4 is 15.4 Å². The fourth-order valence-electron chi connectivity index (χ4n) is 2.24. The van der Waals surface area contributed by atoms with Crippen molar-refractivity contribution in [2.75, 3.05) is 12.4 Å². The van der Waals surface area contributed by atoms with E-state index in [1.807, 2.05) is 13.0 Å². The molecule has 0 saturated heterocycles. The monoisotopic (exact) mass is 346 g/mol. The molecule has 0 saturated carbocycles. The van der Waals surface area contributed by atoms with Crippen LogP contribution in [0.3, 0.4) is 0 Å². The van der Waals surface area contributed by atoms with E-state index in [1.165, 1.54) is 6.92 Å². The second kappa shape index (κ2) is 7.84. The van der Waals surface area contributed by atoms with Crippen molar-refractivity contribution in [3.8, 4) is 5.75 Å². The third-order valence-electron chi connectivity index (χ3n) is 3.45. The number of hydrogen-bond donors (Lipinski definition) is 2. The van der Waals surface area contributed by atoms with Gasteiger partial charge in [-0.05, 0) is 42.8 Å². The lowest BCUT2D eigenvalue weighted by Crippen LogP contribution is -2.23. The predicted molar refractivity (Wildman–Crippen MR) is 94.7 cm³/mol. The van der Waals surface area contributed by atoms with Gasteiger partial charge in [0.15, 0.2) is 0 Å². The van der Waals surface area contributed by atoms with Crippen LogP contribution in [-0.4, -0.2) is 18.9 Å². The Kier molecular flexibility index (Phi) is 5.82. The highest BCUT2D eigenvalue weighted by Gasteiger charge is 2.10. The van der Waals surface area contributed by atoms with E-state index in [-0.39, 0.29) is 18.4 Å². The van der Waals surface area contributed by atoms with Crippen molar-refractivity contribution in [2.45, 2.75) is 20.4 Å². The van der Waals surface area contributed by atoms with Crippen LogP contribution in [0.1, 0.15) is 28.4 Å². The Morgan fingerprint density at radius 2 is 1.96 bits per heavy atom. The number of carbonyl (C=O) groups excluding carboxylic acids is 2. The van der Waals surface area contributed by atoms with E-state index in [2.05, 4.69) is 10.6 Å². The van der Waals surface area contributed by atoms with Gasteiger partial charge in [-0.1, -0.05) is 17.7 Å². The molecule has 2 aromatic rings.